The first-order chi connectivity index (χ1) is 11.3. The highest BCUT2D eigenvalue weighted by Gasteiger charge is 2.23. The second-order valence-corrected chi connectivity index (χ2v) is 4.79. The fourth-order valence-electron chi connectivity index (χ4n) is 2.08. The van der Waals surface area contributed by atoms with Crippen LogP contribution in [0.5, 0.6) is 0 Å². The van der Waals surface area contributed by atoms with Crippen LogP contribution in [0.15, 0.2) is 36.7 Å². The fourth-order valence-corrected chi connectivity index (χ4v) is 2.08. The highest BCUT2D eigenvalue weighted by molar-refractivity contribution is 5.92. The van der Waals surface area contributed by atoms with Crippen molar-refractivity contribution in [2.45, 2.75) is 25.9 Å². The number of amides is 1. The molecule has 3 aromatic rings. The first kappa shape index (κ1) is 14.8. The smallest absolute Gasteiger partial charge is 0.270 e. The molecule has 0 aliphatic rings. The Hall–Kier alpha value is -3.17. The standard InChI is InChI=1S/C13H15N9O/c1-2-22-17-13(16-19-22)15-12(23)11(21-9-14-18-20-21)8-10-6-4-3-5-7-10/h3-7,9,11H,2,8H2,1H3,(H,15,17,23). The van der Waals surface area contributed by atoms with Gasteiger partial charge in [0, 0.05) is 6.42 Å². The summed E-state index contributed by atoms with van der Waals surface area (Å²) in [6.07, 6.45) is 1.85. The third-order valence-corrected chi connectivity index (χ3v) is 3.23. The highest BCUT2D eigenvalue weighted by atomic mass is 16.2. The Kier molecular flexibility index (Phi) is 4.32. The minimum Gasteiger partial charge on any atom is -0.290 e. The lowest BCUT2D eigenvalue weighted by molar-refractivity contribution is -0.119. The average molecular weight is 313 g/mol. The number of anilines is 1. The topological polar surface area (TPSA) is 116 Å². The molecule has 118 valence electrons. The largest absolute Gasteiger partial charge is 0.290 e. The molecule has 0 aliphatic heterocycles. The van der Waals surface area contributed by atoms with Crippen LogP contribution in [0.25, 0.3) is 0 Å². The Bertz CT molecular complexity index is 753. The van der Waals surface area contributed by atoms with Gasteiger partial charge in [-0.15, -0.1) is 10.2 Å². The van der Waals surface area contributed by atoms with Gasteiger partial charge in [-0.2, -0.15) is 4.80 Å². The van der Waals surface area contributed by atoms with E-state index in [0.29, 0.717) is 13.0 Å². The van der Waals surface area contributed by atoms with Gasteiger partial charge in [-0.1, -0.05) is 35.4 Å². The average Bonchev–Trinajstić information content (AvgIpc) is 3.25. The predicted molar refractivity (Wildman–Crippen MR) is 79.1 cm³/mol. The van der Waals surface area contributed by atoms with E-state index >= 15 is 0 Å². The third kappa shape index (κ3) is 3.54. The number of hydrogen-bond acceptors (Lipinski definition) is 7. The molecule has 10 nitrogen and oxygen atoms in total. The summed E-state index contributed by atoms with van der Waals surface area (Å²) in [6.45, 7) is 2.45. The molecular weight excluding hydrogens is 298 g/mol. The van der Waals surface area contributed by atoms with Crippen LogP contribution >= 0.6 is 0 Å². The predicted octanol–water partition coefficient (Wildman–Crippen LogP) is 0.102. The Balaban J connectivity index is 1.78. The zero-order valence-electron chi connectivity index (χ0n) is 12.4. The Morgan fingerprint density at radius 1 is 1.26 bits per heavy atom. The molecule has 10 heteroatoms. The van der Waals surface area contributed by atoms with Crippen LogP contribution < -0.4 is 5.32 Å². The summed E-state index contributed by atoms with van der Waals surface area (Å²) in [5.74, 6) is -0.153. The molecule has 0 saturated heterocycles. The van der Waals surface area contributed by atoms with Crippen LogP contribution in [0, 0.1) is 0 Å². The molecule has 0 radical (unpaired) electrons. The summed E-state index contributed by atoms with van der Waals surface area (Å²) in [6, 6.07) is 9.02. The molecule has 0 aliphatic carbocycles. The molecule has 2 heterocycles. The van der Waals surface area contributed by atoms with Gasteiger partial charge < -0.3 is 0 Å². The number of benzene rings is 1. The summed E-state index contributed by atoms with van der Waals surface area (Å²) in [5, 5.41) is 25.3. The highest BCUT2D eigenvalue weighted by Crippen LogP contribution is 2.14. The van der Waals surface area contributed by atoms with Crippen LogP contribution in [0.2, 0.25) is 0 Å². The lowest BCUT2D eigenvalue weighted by Gasteiger charge is -2.14. The van der Waals surface area contributed by atoms with E-state index in [1.165, 1.54) is 15.8 Å². The Morgan fingerprint density at radius 2 is 2.09 bits per heavy atom. The van der Waals surface area contributed by atoms with Crippen molar-refractivity contribution in [3.05, 3.63) is 42.2 Å². The van der Waals surface area contributed by atoms with Crippen molar-refractivity contribution in [2.75, 3.05) is 5.32 Å². The third-order valence-electron chi connectivity index (χ3n) is 3.23. The van der Waals surface area contributed by atoms with Gasteiger partial charge in [0.2, 0.25) is 0 Å². The number of carbonyl (C=O) groups is 1. The molecule has 1 atom stereocenters. The fraction of sp³-hybridized carbons (Fsp3) is 0.308. The number of nitrogens with zero attached hydrogens (tertiary/aromatic N) is 8. The van der Waals surface area contributed by atoms with Crippen molar-refractivity contribution < 1.29 is 4.79 Å². The molecule has 0 bridgehead atoms. The van der Waals surface area contributed by atoms with Crippen LogP contribution in [-0.2, 0) is 17.8 Å². The van der Waals surface area contributed by atoms with E-state index in [1.807, 2.05) is 37.3 Å². The van der Waals surface area contributed by atoms with Crippen LogP contribution in [0.4, 0.5) is 5.95 Å². The Labute approximate surface area is 131 Å². The molecule has 23 heavy (non-hydrogen) atoms. The van der Waals surface area contributed by atoms with Gasteiger partial charge in [-0.3, -0.25) is 10.1 Å². The van der Waals surface area contributed by atoms with Gasteiger partial charge in [-0.05, 0) is 28.1 Å². The minimum atomic E-state index is -0.610. The maximum Gasteiger partial charge on any atom is 0.270 e. The van der Waals surface area contributed by atoms with Crippen molar-refractivity contribution in [1.29, 1.82) is 0 Å². The van der Waals surface area contributed by atoms with E-state index < -0.39 is 6.04 Å². The van der Waals surface area contributed by atoms with E-state index in [2.05, 4.69) is 36.3 Å². The summed E-state index contributed by atoms with van der Waals surface area (Å²) >= 11 is 0. The summed E-state index contributed by atoms with van der Waals surface area (Å²) in [7, 11) is 0. The van der Waals surface area contributed by atoms with E-state index in [9.17, 15) is 4.79 Å². The van der Waals surface area contributed by atoms with Gasteiger partial charge in [0.05, 0.1) is 6.54 Å². The van der Waals surface area contributed by atoms with Gasteiger partial charge in [-0.25, -0.2) is 4.68 Å². The zero-order chi connectivity index (χ0) is 16.1. The van der Waals surface area contributed by atoms with Gasteiger partial charge >= 0.3 is 0 Å². The van der Waals surface area contributed by atoms with Gasteiger partial charge in [0.15, 0.2) is 0 Å². The zero-order valence-corrected chi connectivity index (χ0v) is 12.4. The number of carbonyl (C=O) groups excluding carboxylic acids is 1. The molecule has 1 N–H and O–H groups in total. The van der Waals surface area contributed by atoms with Crippen molar-refractivity contribution in [1.82, 2.24) is 40.4 Å². The number of nitrogens with one attached hydrogen (secondary N) is 1. The van der Waals surface area contributed by atoms with Gasteiger partial charge in [0.25, 0.3) is 11.9 Å². The van der Waals surface area contributed by atoms with Crippen LogP contribution in [-0.4, -0.2) is 46.3 Å². The molecule has 0 fully saturated rings. The molecule has 0 saturated carbocycles. The monoisotopic (exact) mass is 313 g/mol. The van der Waals surface area contributed by atoms with Crippen molar-refractivity contribution in [3.8, 4) is 0 Å². The molecule has 1 amide bonds. The molecule has 0 spiro atoms. The number of aryl methyl sites for hydroxylation is 1. The van der Waals surface area contributed by atoms with Crippen LogP contribution in [0.1, 0.15) is 18.5 Å². The molecule has 1 unspecified atom stereocenters. The maximum atomic E-state index is 12.6. The number of hydrogen-bond donors (Lipinski definition) is 1. The summed E-state index contributed by atoms with van der Waals surface area (Å²) in [5.41, 5.74) is 0.994. The lowest BCUT2D eigenvalue weighted by atomic mass is 10.1. The minimum absolute atomic E-state index is 0.156. The van der Waals surface area contributed by atoms with E-state index in [-0.39, 0.29) is 11.9 Å². The number of aromatic nitrogens is 8. The second-order valence-electron chi connectivity index (χ2n) is 4.79. The van der Waals surface area contributed by atoms with E-state index in [0.717, 1.165) is 5.56 Å². The maximum absolute atomic E-state index is 12.6. The quantitative estimate of drug-likeness (QED) is 0.686. The molecule has 3 rings (SSSR count). The summed E-state index contributed by atoms with van der Waals surface area (Å²) < 4.78 is 1.41. The van der Waals surface area contributed by atoms with Crippen molar-refractivity contribution in [3.63, 3.8) is 0 Å². The Morgan fingerprint density at radius 3 is 2.74 bits per heavy atom. The molecule has 1 aromatic carbocycles. The SMILES string of the molecule is CCn1nnc(NC(=O)C(Cc2ccccc2)n2cnnn2)n1. The normalized spacial score (nSPS) is 12.0. The first-order valence-electron chi connectivity index (χ1n) is 7.11. The lowest BCUT2D eigenvalue weighted by Crippen LogP contribution is -2.29. The number of tetrazole rings is 2. The number of rotatable bonds is 6. The van der Waals surface area contributed by atoms with Gasteiger partial charge in [0.1, 0.15) is 12.4 Å². The van der Waals surface area contributed by atoms with Crippen molar-refractivity contribution in [2.24, 2.45) is 0 Å². The van der Waals surface area contributed by atoms with E-state index in [1.54, 1.807) is 0 Å². The molecule has 2 aromatic heterocycles. The molecular formula is C13H15N9O. The summed E-state index contributed by atoms with van der Waals surface area (Å²) in [4.78, 5) is 14.0. The van der Waals surface area contributed by atoms with Crippen molar-refractivity contribution >= 4 is 11.9 Å². The second kappa shape index (κ2) is 6.73. The van der Waals surface area contributed by atoms with E-state index in [4.69, 9.17) is 0 Å². The first-order valence-corrected chi connectivity index (χ1v) is 7.11. The van der Waals surface area contributed by atoms with Crippen LogP contribution in [0.3, 0.4) is 0 Å².